The number of amides is 1. The second-order valence-corrected chi connectivity index (χ2v) is 9.03. The summed E-state index contributed by atoms with van der Waals surface area (Å²) >= 11 is 6.17. The van der Waals surface area contributed by atoms with Crippen LogP contribution in [0.25, 0.3) is 5.82 Å². The molecule has 1 aromatic carbocycles. The minimum Gasteiger partial charge on any atom is -0.478 e. The topological polar surface area (TPSA) is 164 Å². The Balaban J connectivity index is 1.76. The fraction of sp³-hybridized carbons (Fsp3) is 0.217. The summed E-state index contributed by atoms with van der Waals surface area (Å²) in [5.74, 6) is -4.97. The van der Waals surface area contributed by atoms with E-state index < -0.39 is 47.8 Å². The van der Waals surface area contributed by atoms with Crippen LogP contribution in [0.5, 0.6) is 0 Å². The van der Waals surface area contributed by atoms with Gasteiger partial charge in [-0.2, -0.15) is 41.5 Å². The fourth-order valence-electron chi connectivity index (χ4n) is 3.73. The third-order valence-electron chi connectivity index (χ3n) is 5.71. The SMILES string of the molecule is Cc1cc(C#N)cc(C(=O)O)c1NC(=O)c1cc(Cn2nnc(C(F)(C(F)(F)F)C(F)(F)F)n2)nn1-c1ncccc1Cl. The second-order valence-electron chi connectivity index (χ2n) is 8.63. The zero-order valence-electron chi connectivity index (χ0n) is 21.0. The first-order chi connectivity index (χ1) is 20.0. The van der Waals surface area contributed by atoms with Crippen molar-refractivity contribution in [2.45, 2.75) is 31.5 Å². The maximum absolute atomic E-state index is 14.3. The van der Waals surface area contributed by atoms with Crippen molar-refractivity contribution < 1.29 is 45.4 Å². The molecule has 0 saturated carbocycles. The lowest BCUT2D eigenvalue weighted by molar-refractivity contribution is -0.351. The molecule has 20 heteroatoms. The van der Waals surface area contributed by atoms with Gasteiger partial charge in [-0.1, -0.05) is 11.6 Å². The van der Waals surface area contributed by atoms with E-state index in [4.69, 9.17) is 16.9 Å². The van der Waals surface area contributed by atoms with Crippen molar-refractivity contribution in [3.63, 3.8) is 0 Å². The molecule has 43 heavy (non-hydrogen) atoms. The quantitative estimate of drug-likeness (QED) is 0.282. The highest BCUT2D eigenvalue weighted by molar-refractivity contribution is 6.32. The van der Waals surface area contributed by atoms with Crippen LogP contribution in [0.3, 0.4) is 0 Å². The van der Waals surface area contributed by atoms with Gasteiger partial charge in [-0.15, -0.1) is 10.2 Å². The van der Waals surface area contributed by atoms with Gasteiger partial charge < -0.3 is 10.4 Å². The number of carboxylic acid groups (broad SMARTS) is 1. The first-order valence-corrected chi connectivity index (χ1v) is 11.8. The highest BCUT2D eigenvalue weighted by Crippen LogP contribution is 2.51. The van der Waals surface area contributed by atoms with Crippen LogP contribution < -0.4 is 5.32 Å². The third kappa shape index (κ3) is 5.68. The Labute approximate surface area is 239 Å². The van der Waals surface area contributed by atoms with Gasteiger partial charge in [0.25, 0.3) is 5.91 Å². The highest BCUT2D eigenvalue weighted by Gasteiger charge is 2.76. The van der Waals surface area contributed by atoms with Crippen molar-refractivity contribution in [1.29, 1.82) is 5.26 Å². The van der Waals surface area contributed by atoms with Crippen molar-refractivity contribution in [2.24, 2.45) is 0 Å². The second kappa shape index (κ2) is 10.9. The average Bonchev–Trinajstić information content (AvgIpc) is 3.55. The number of tetrazole rings is 1. The molecule has 4 aromatic rings. The van der Waals surface area contributed by atoms with Gasteiger partial charge >= 0.3 is 24.0 Å². The first-order valence-electron chi connectivity index (χ1n) is 11.4. The molecule has 0 aliphatic carbocycles. The van der Waals surface area contributed by atoms with Gasteiger partial charge in [0, 0.05) is 6.20 Å². The average molecular weight is 632 g/mol. The molecule has 0 unspecified atom stereocenters. The molecular weight excluding hydrogens is 619 g/mol. The number of rotatable bonds is 7. The van der Waals surface area contributed by atoms with E-state index in [1.54, 1.807) is 6.07 Å². The standard InChI is InChI=1S/C23H13ClF7N9O3/c1-10-5-11(8-32)6-13(19(42)43)16(10)34-18(41)15-7-12(36-40(15)17-14(24)3-2-4-33-17)9-39-37-20(35-38-39)21(25,22(26,27)28)23(29,30)31/h2-7H,9H2,1H3,(H,34,41)(H,42,43). The number of anilines is 1. The molecule has 3 aromatic heterocycles. The predicted octanol–water partition coefficient (Wildman–Crippen LogP) is 4.38. The van der Waals surface area contributed by atoms with Gasteiger partial charge in [-0.3, -0.25) is 4.79 Å². The molecule has 0 aliphatic rings. The maximum Gasteiger partial charge on any atom is 0.439 e. The normalized spacial score (nSPS) is 12.2. The summed E-state index contributed by atoms with van der Waals surface area (Å²) in [6, 6.07) is 7.90. The Morgan fingerprint density at radius 3 is 2.35 bits per heavy atom. The van der Waals surface area contributed by atoms with E-state index in [0.29, 0.717) is 0 Å². The molecule has 0 bridgehead atoms. The summed E-state index contributed by atoms with van der Waals surface area (Å²) in [5.41, 5.74) is -7.03. The smallest absolute Gasteiger partial charge is 0.439 e. The van der Waals surface area contributed by atoms with Crippen LogP contribution in [0.15, 0.2) is 36.5 Å². The summed E-state index contributed by atoms with van der Waals surface area (Å²) in [6.07, 6.45) is -11.7. The molecule has 4 rings (SSSR count). The molecule has 0 radical (unpaired) electrons. The van der Waals surface area contributed by atoms with Crippen LogP contribution in [0.4, 0.5) is 36.4 Å². The number of aromatic nitrogens is 7. The number of carboxylic acids is 1. The van der Waals surface area contributed by atoms with Gasteiger partial charge in [0.15, 0.2) is 5.82 Å². The largest absolute Gasteiger partial charge is 0.478 e. The lowest BCUT2D eigenvalue weighted by atomic mass is 10.0. The Morgan fingerprint density at radius 2 is 1.77 bits per heavy atom. The van der Waals surface area contributed by atoms with Crippen molar-refractivity contribution in [3.05, 3.63) is 75.5 Å². The number of nitriles is 1. The Kier molecular flexibility index (Phi) is 7.84. The van der Waals surface area contributed by atoms with Gasteiger partial charge in [0.1, 0.15) is 12.2 Å². The van der Waals surface area contributed by atoms with Crippen molar-refractivity contribution >= 4 is 29.2 Å². The number of halogens is 8. The number of benzene rings is 1. The number of hydrogen-bond donors (Lipinski definition) is 2. The number of hydrogen-bond acceptors (Lipinski definition) is 8. The molecule has 3 heterocycles. The van der Waals surface area contributed by atoms with Gasteiger partial charge in [-0.25, -0.2) is 18.9 Å². The summed E-state index contributed by atoms with van der Waals surface area (Å²) in [6.45, 7) is 0.606. The molecule has 1 amide bonds. The summed E-state index contributed by atoms with van der Waals surface area (Å²) in [5, 5.41) is 33.7. The van der Waals surface area contributed by atoms with Crippen molar-refractivity contribution in [3.8, 4) is 11.9 Å². The van der Waals surface area contributed by atoms with Crippen LogP contribution in [-0.2, 0) is 12.2 Å². The van der Waals surface area contributed by atoms with E-state index in [1.165, 1.54) is 31.3 Å². The molecule has 0 spiro atoms. The molecular formula is C23H13ClF7N9O3. The minimum atomic E-state index is -6.47. The minimum absolute atomic E-state index is 0.00598. The molecule has 0 aliphatic heterocycles. The van der Waals surface area contributed by atoms with E-state index in [2.05, 4.69) is 30.8 Å². The van der Waals surface area contributed by atoms with Crippen LogP contribution in [0.1, 0.15) is 43.5 Å². The Morgan fingerprint density at radius 1 is 1.09 bits per heavy atom. The number of carbonyl (C=O) groups is 2. The predicted molar refractivity (Wildman–Crippen MR) is 129 cm³/mol. The molecule has 0 fully saturated rings. The van der Waals surface area contributed by atoms with E-state index >= 15 is 0 Å². The number of carbonyl (C=O) groups excluding carboxylic acids is 1. The first kappa shape index (κ1) is 30.8. The highest BCUT2D eigenvalue weighted by atomic mass is 35.5. The molecule has 224 valence electrons. The maximum atomic E-state index is 14.3. The van der Waals surface area contributed by atoms with Crippen LogP contribution in [0, 0.1) is 18.3 Å². The zero-order chi connectivity index (χ0) is 31.9. The third-order valence-corrected chi connectivity index (χ3v) is 6.01. The fourth-order valence-corrected chi connectivity index (χ4v) is 3.94. The lowest BCUT2D eigenvalue weighted by Crippen LogP contribution is -2.51. The summed E-state index contributed by atoms with van der Waals surface area (Å²) in [7, 11) is 0. The van der Waals surface area contributed by atoms with Crippen LogP contribution >= 0.6 is 11.6 Å². The number of nitrogens with zero attached hydrogens (tertiary/aromatic N) is 8. The van der Waals surface area contributed by atoms with E-state index in [-0.39, 0.29) is 43.8 Å². The number of alkyl halides is 7. The van der Waals surface area contributed by atoms with Crippen molar-refractivity contribution in [2.75, 3.05) is 5.32 Å². The number of aryl methyl sites for hydroxylation is 1. The van der Waals surface area contributed by atoms with Crippen LogP contribution in [-0.4, -0.2) is 64.3 Å². The Bertz CT molecular complexity index is 1760. The monoisotopic (exact) mass is 631 g/mol. The van der Waals surface area contributed by atoms with E-state index in [0.717, 1.165) is 16.8 Å². The number of pyridine rings is 1. The lowest BCUT2D eigenvalue weighted by Gasteiger charge is -2.26. The molecule has 12 nitrogen and oxygen atoms in total. The van der Waals surface area contributed by atoms with Crippen molar-refractivity contribution in [1.82, 2.24) is 35.0 Å². The molecule has 2 N–H and O–H groups in total. The van der Waals surface area contributed by atoms with Gasteiger partial charge in [-0.05, 0) is 48.0 Å². The van der Waals surface area contributed by atoms with Crippen LogP contribution in [0.2, 0.25) is 5.02 Å². The summed E-state index contributed by atoms with van der Waals surface area (Å²) < 4.78 is 93.6. The van der Waals surface area contributed by atoms with Gasteiger partial charge in [0.05, 0.1) is 33.6 Å². The molecule has 0 atom stereocenters. The Hall–Kier alpha value is -5.12. The van der Waals surface area contributed by atoms with Gasteiger partial charge in [0.2, 0.25) is 5.82 Å². The number of nitrogens with one attached hydrogen (secondary N) is 1. The molecule has 0 saturated heterocycles. The van der Waals surface area contributed by atoms with E-state index in [1.807, 2.05) is 0 Å². The number of aromatic carboxylic acids is 1. The van der Waals surface area contributed by atoms with E-state index in [9.17, 15) is 45.4 Å². The summed E-state index contributed by atoms with van der Waals surface area (Å²) in [4.78, 5) is 29.4. The zero-order valence-corrected chi connectivity index (χ0v) is 21.8.